The lowest BCUT2D eigenvalue weighted by atomic mass is 10.1. The number of H-pyrrole nitrogens is 2. The number of aromatic amines is 2. The number of phosphoric ester groups is 3. The average Bonchev–Trinajstić information content (AvgIpc) is 4.42. The molecule has 6 aromatic rings. The van der Waals surface area contributed by atoms with Gasteiger partial charge in [0.1, 0.15) is 60.7 Å². The third kappa shape index (κ3) is 12.1. The van der Waals surface area contributed by atoms with Crippen molar-refractivity contribution < 1.29 is 107 Å². The molecule has 0 bridgehead atoms. The van der Waals surface area contributed by atoms with E-state index < -0.39 is 142 Å². The van der Waals surface area contributed by atoms with Crippen LogP contribution in [0.4, 0.5) is 22.1 Å². The molecule has 3 aliphatic heterocycles. The van der Waals surface area contributed by atoms with E-state index in [4.69, 9.17) is 48.7 Å². The number of alkyl halides is 1. The van der Waals surface area contributed by atoms with Gasteiger partial charge >= 0.3 is 5.65 Å². The molecule has 9 heterocycles. The van der Waals surface area contributed by atoms with E-state index in [0.717, 1.165) is 24.3 Å². The van der Waals surface area contributed by atoms with Crippen molar-refractivity contribution in [2.24, 2.45) is 7.05 Å². The molecule has 6 aromatic heterocycles. The molecule has 16 atom stereocenters. The monoisotopic (exact) mass is 1200 g/mol. The van der Waals surface area contributed by atoms with Crippen LogP contribution in [0.25, 0.3) is 33.5 Å². The molecule has 3 aliphatic rings. The van der Waals surface area contributed by atoms with Crippen molar-refractivity contribution in [3.63, 3.8) is 0 Å². The van der Waals surface area contributed by atoms with Crippen molar-refractivity contribution in [1.82, 2.24) is 53.6 Å². The fourth-order valence-corrected chi connectivity index (χ4v) is 13.2. The fourth-order valence-electron chi connectivity index (χ4n) is 8.87. The molecule has 79 heavy (non-hydrogen) atoms. The number of aryl methyl sites for hydroxylation is 1. The summed E-state index contributed by atoms with van der Waals surface area (Å²) < 4.78 is 129. The van der Waals surface area contributed by atoms with Gasteiger partial charge in [0.25, 0.3) is 48.4 Å². The zero-order valence-corrected chi connectivity index (χ0v) is 44.8. The highest BCUT2D eigenvalue weighted by Gasteiger charge is 2.52. The second-order valence-electron chi connectivity index (χ2n) is 17.7. The van der Waals surface area contributed by atoms with Crippen molar-refractivity contribution >= 4 is 82.5 Å². The number of rotatable bonds is 22. The van der Waals surface area contributed by atoms with Gasteiger partial charge in [-0.3, -0.25) is 51.5 Å². The Hall–Kier alpha value is -5.18. The smallest absolute Gasteiger partial charge is 0.313 e. The molecule has 0 amide bonds. The van der Waals surface area contributed by atoms with Crippen LogP contribution in [0.5, 0.6) is 0 Å². The van der Waals surface area contributed by atoms with Gasteiger partial charge < -0.3 is 88.4 Å². The van der Waals surface area contributed by atoms with E-state index in [1.54, 1.807) is 13.8 Å². The van der Waals surface area contributed by atoms with Crippen molar-refractivity contribution in [2.45, 2.75) is 93.6 Å². The summed E-state index contributed by atoms with van der Waals surface area (Å²) in [5.74, 6) is -0.427. The van der Waals surface area contributed by atoms with E-state index in [1.807, 2.05) is 0 Å². The summed E-state index contributed by atoms with van der Waals surface area (Å²) in [7, 11) is -20.9. The predicted octanol–water partition coefficient (Wildman–Crippen LogP) is -4.37. The maximum Gasteiger partial charge on any atom is 0.313 e. The summed E-state index contributed by atoms with van der Waals surface area (Å²) in [5.41, 5.74) is 9.61. The third-order valence-electron chi connectivity index (χ3n) is 12.1. The fraction of sp³-hybridized carbons (Fsp3) is 0.583. The number of aliphatic hydroxyl groups is 2. The number of nitrogens with zero attached hydrogens (tertiary/aromatic N) is 10. The minimum Gasteiger partial charge on any atom is -0.756 e. The first-order valence-electron chi connectivity index (χ1n) is 22.9. The van der Waals surface area contributed by atoms with Gasteiger partial charge in [0.2, 0.25) is 17.7 Å². The number of nitrogens with one attached hydrogen (secondary N) is 3. The normalized spacial score (nSPS) is 29.6. The Balaban J connectivity index is 0.885. The molecule has 43 heteroatoms. The summed E-state index contributed by atoms with van der Waals surface area (Å²) >= 11 is 0. The topological polar surface area (TPSA) is 528 Å². The predicted molar refractivity (Wildman–Crippen MR) is 248 cm³/mol. The largest absolute Gasteiger partial charge is 0.756 e. The lowest BCUT2D eigenvalue weighted by Gasteiger charge is -2.35. The molecule has 38 nitrogen and oxygen atoms in total. The van der Waals surface area contributed by atoms with Gasteiger partial charge in [-0.1, -0.05) is 4.98 Å². The van der Waals surface area contributed by atoms with Crippen molar-refractivity contribution in [3.8, 4) is 0 Å². The van der Waals surface area contributed by atoms with E-state index >= 15 is 4.39 Å². The molecule has 3 fully saturated rings. The Labute approximate surface area is 440 Å². The zero-order valence-electron chi connectivity index (χ0n) is 41.2. The Morgan fingerprint density at radius 1 is 0.772 bits per heavy atom. The number of aromatic nitrogens is 12. The molecular formula is C36H47FN15O23P4-3. The van der Waals surface area contributed by atoms with Crippen molar-refractivity contribution in [2.75, 3.05) is 50.8 Å². The number of nitrogen functional groups attached to an aromatic ring is 2. The van der Waals surface area contributed by atoms with Crippen LogP contribution in [-0.2, 0) is 75.7 Å². The van der Waals surface area contributed by atoms with Gasteiger partial charge in [-0.2, -0.15) is 4.98 Å². The summed E-state index contributed by atoms with van der Waals surface area (Å²) in [4.78, 5) is 106. The van der Waals surface area contributed by atoms with Crippen LogP contribution in [0.1, 0.15) is 32.5 Å². The lowest BCUT2D eigenvalue weighted by molar-refractivity contribution is -0.745. The Bertz CT molecular complexity index is 3570. The van der Waals surface area contributed by atoms with Crippen molar-refractivity contribution in [3.05, 3.63) is 46.0 Å². The van der Waals surface area contributed by atoms with Crippen molar-refractivity contribution in [1.29, 1.82) is 0 Å². The number of hydrogen-bond donors (Lipinski definition) is 7. The summed E-state index contributed by atoms with van der Waals surface area (Å²) in [5, 5.41) is 24.9. The minimum absolute atomic E-state index is 0.0533. The number of ether oxygens (including phenoxy) is 5. The molecule has 0 spiro atoms. The molecule has 9 rings (SSSR count). The SMILES string of the molecule is CNc1ncnc2c1ncn2[C@@H]1O[C@H](COP(=O)([O-])OP(=O)([O-])OP(=O)([O-])OC[C@H]2O[C@@H]([n+]3cn(C)c4c(=O)[nH]c(N)nc43)C(O)[C@H]2F)[C@H](OP(=O)([O-])OC[C@H]2O[C@@H](n3cnc4c(=O)[nH]c(N)nc43)C(O)[C@H]2OC(C)C)C1OC. The van der Waals surface area contributed by atoms with Gasteiger partial charge in [0, 0.05) is 14.2 Å². The average molecular weight is 1200 g/mol. The van der Waals surface area contributed by atoms with Crippen LogP contribution in [0.3, 0.4) is 0 Å². The molecule has 0 aliphatic carbocycles. The molecule has 0 radical (unpaired) electrons. The number of hydrogen-bond acceptors (Lipinski definition) is 32. The maximum atomic E-state index is 15.3. The van der Waals surface area contributed by atoms with Crippen LogP contribution in [0.15, 0.2) is 34.9 Å². The molecular weight excluding hydrogens is 1150 g/mol. The van der Waals surface area contributed by atoms with Gasteiger partial charge in [0.15, 0.2) is 47.6 Å². The van der Waals surface area contributed by atoms with Gasteiger partial charge in [-0.05, 0) is 13.8 Å². The molecule has 9 N–H and O–H groups in total. The molecule has 7 unspecified atom stereocenters. The van der Waals surface area contributed by atoms with Gasteiger partial charge in [-0.15, -0.1) is 0 Å². The number of phosphoric acid groups is 4. The van der Waals surface area contributed by atoms with Crippen LogP contribution in [0, 0.1) is 0 Å². The molecule has 0 aromatic carbocycles. The van der Waals surface area contributed by atoms with E-state index in [2.05, 4.69) is 58.3 Å². The first-order chi connectivity index (χ1) is 37.1. The number of methoxy groups -OCH3 is 1. The zero-order chi connectivity index (χ0) is 57.3. The Morgan fingerprint density at radius 2 is 1.35 bits per heavy atom. The lowest BCUT2D eigenvalue weighted by Crippen LogP contribution is -2.45. The second-order valence-corrected chi connectivity index (χ2v) is 23.6. The van der Waals surface area contributed by atoms with E-state index in [1.165, 1.54) is 40.5 Å². The Morgan fingerprint density at radius 3 is 2.00 bits per heavy atom. The third-order valence-corrected chi connectivity index (χ3v) is 17.2. The van der Waals surface area contributed by atoms with Crippen LogP contribution < -0.4 is 52.0 Å². The first kappa shape index (κ1) is 58.5. The van der Waals surface area contributed by atoms with E-state index in [-0.39, 0.29) is 51.2 Å². The highest BCUT2D eigenvalue weighted by molar-refractivity contribution is 7.65. The number of anilines is 3. The van der Waals surface area contributed by atoms with Crippen LogP contribution >= 0.6 is 31.3 Å². The number of imidazole rings is 3. The number of halogens is 1. The van der Waals surface area contributed by atoms with Crippen LogP contribution in [-0.4, -0.2) is 159 Å². The highest BCUT2D eigenvalue weighted by atomic mass is 31.3. The summed E-state index contributed by atoms with van der Waals surface area (Å²) in [6.07, 6.45) is -16.9. The molecule has 3 saturated heterocycles. The maximum absolute atomic E-state index is 15.3. The van der Waals surface area contributed by atoms with Gasteiger partial charge in [0.05, 0.1) is 45.6 Å². The Kier molecular flexibility index (Phi) is 16.5. The molecule has 434 valence electrons. The van der Waals surface area contributed by atoms with Gasteiger partial charge in [-0.25, -0.2) is 37.5 Å². The summed E-state index contributed by atoms with van der Waals surface area (Å²) in [6.45, 7) is -0.483. The number of aliphatic hydroxyl groups excluding tert-OH is 2. The van der Waals surface area contributed by atoms with Crippen LogP contribution in [0.2, 0.25) is 0 Å². The number of fused-ring (bicyclic) bond motifs is 3. The van der Waals surface area contributed by atoms with E-state index in [0.29, 0.717) is 0 Å². The highest BCUT2D eigenvalue weighted by Crippen LogP contribution is 2.63. The number of nitrogens with two attached hydrogens (primary N) is 2. The summed E-state index contributed by atoms with van der Waals surface area (Å²) in [6, 6.07) is 0. The quantitative estimate of drug-likeness (QED) is 0.0249. The standard InChI is InChI=1S/C36H50FN15O23P4/c1-13(2)69-23-15(71-33(22(23)54)51-11-44-19-28(51)45-35(38)47-30(19)55)7-66-76(57,58)73-24-16(72-34(25(24)65-5)50-10-43-18-26(40-3)41-9-42-27(18)50)8-68-78(61,62)75-79(63,64)74-77(59,60)67-6-14-17(37)21(53)32(70-14)52-12-49(4)20-29(52)46-36(39)48-31(20)56/h9-17,21-25,32-34,53-54H,6-8H2,1-5H3,(H10-,38,39,40,41,42,45,46,47,48,55,56,57,58,59,60,61,62,63,64)/p-3/t14-,15-,16-,17+,21?,22?,23+,24+,25?,32-,33-,34-/m1/s1. The minimum atomic E-state index is -6.62. The molecule has 0 saturated carbocycles. The van der Waals surface area contributed by atoms with E-state index in [9.17, 15) is 57.6 Å². The second kappa shape index (κ2) is 22.3. The first-order valence-corrected chi connectivity index (χ1v) is 28.7.